The van der Waals surface area contributed by atoms with E-state index in [-0.39, 0.29) is 5.78 Å². The van der Waals surface area contributed by atoms with Crippen molar-refractivity contribution in [3.05, 3.63) is 46.1 Å². The van der Waals surface area contributed by atoms with Crippen LogP contribution in [0.3, 0.4) is 0 Å². The number of hydrogen-bond acceptors (Lipinski definition) is 2. The number of benzene rings is 1. The molecule has 0 spiro atoms. The molecule has 0 aromatic heterocycles. The van der Waals surface area contributed by atoms with Crippen molar-refractivity contribution < 1.29 is 4.79 Å². The van der Waals surface area contributed by atoms with Crippen LogP contribution in [0.2, 0.25) is 5.02 Å². The minimum absolute atomic E-state index is 0.000000000000000222. The van der Waals surface area contributed by atoms with Crippen LogP contribution in [-0.4, -0.2) is 5.78 Å². The summed E-state index contributed by atoms with van der Waals surface area (Å²) < 4.78 is 0. The van der Waals surface area contributed by atoms with Crippen molar-refractivity contribution in [2.24, 2.45) is 5.73 Å². The van der Waals surface area contributed by atoms with Crippen molar-refractivity contribution in [2.75, 3.05) is 0 Å². The second-order valence-electron chi connectivity index (χ2n) is 2.96. The van der Waals surface area contributed by atoms with Gasteiger partial charge in [-0.1, -0.05) is 23.7 Å². The number of Topliss-reactive ketones (excluding diaryl/α,β-unsaturated/α-hetero) is 1. The number of rotatable bonds is 0. The predicted molar refractivity (Wildman–Crippen MR) is 51.8 cm³/mol. The van der Waals surface area contributed by atoms with Gasteiger partial charge in [0.2, 0.25) is 0 Å². The van der Waals surface area contributed by atoms with Gasteiger partial charge in [0.15, 0.2) is 5.78 Å². The lowest BCUT2D eigenvalue weighted by Gasteiger charge is -1.97. The average Bonchev–Trinajstić information content (AvgIpc) is 2.45. The van der Waals surface area contributed by atoms with Crippen LogP contribution in [0.5, 0.6) is 0 Å². The van der Waals surface area contributed by atoms with Gasteiger partial charge in [-0.25, -0.2) is 0 Å². The van der Waals surface area contributed by atoms with Gasteiger partial charge < -0.3 is 5.73 Å². The Balaban J connectivity index is 2.62. The Hall–Kier alpha value is -1.28. The molecule has 1 aliphatic rings. The van der Waals surface area contributed by atoms with Crippen LogP contribution in [0.15, 0.2) is 30.0 Å². The highest BCUT2D eigenvalue weighted by atomic mass is 35.5. The molecule has 1 aromatic carbocycles. The third-order valence-corrected chi connectivity index (χ3v) is 2.58. The Labute approximate surface area is 81.0 Å². The molecule has 66 valence electrons. The molecule has 0 fully saturated rings. The molecule has 13 heavy (non-hydrogen) atoms. The standard InChI is InChI=1S/C10H8ClNO/c11-9-3-1-2-7-8(9)4-6(5-12)10(7)13/h1-3,5H,4,12H2/b6-5-. The summed E-state index contributed by atoms with van der Waals surface area (Å²) in [6.07, 6.45) is 1.92. The Bertz CT molecular complexity index is 409. The molecule has 0 saturated carbocycles. The van der Waals surface area contributed by atoms with Gasteiger partial charge in [0.05, 0.1) is 0 Å². The molecule has 0 aliphatic heterocycles. The van der Waals surface area contributed by atoms with Crippen LogP contribution in [0, 0.1) is 0 Å². The van der Waals surface area contributed by atoms with Gasteiger partial charge >= 0.3 is 0 Å². The van der Waals surface area contributed by atoms with E-state index in [4.69, 9.17) is 17.3 Å². The van der Waals surface area contributed by atoms with Crippen LogP contribution in [0.1, 0.15) is 15.9 Å². The molecule has 3 heteroatoms. The van der Waals surface area contributed by atoms with Gasteiger partial charge in [0.25, 0.3) is 0 Å². The van der Waals surface area contributed by atoms with E-state index in [1.54, 1.807) is 18.2 Å². The molecule has 0 heterocycles. The molecule has 0 saturated heterocycles. The lowest BCUT2D eigenvalue weighted by atomic mass is 10.1. The lowest BCUT2D eigenvalue weighted by Crippen LogP contribution is -1.97. The summed E-state index contributed by atoms with van der Waals surface area (Å²) in [5.74, 6) is 0.000000000000000222. The topological polar surface area (TPSA) is 43.1 Å². The summed E-state index contributed by atoms with van der Waals surface area (Å²) in [5, 5.41) is 0.641. The smallest absolute Gasteiger partial charge is 0.191 e. The van der Waals surface area contributed by atoms with Crippen molar-refractivity contribution in [3.63, 3.8) is 0 Å². The fourth-order valence-electron chi connectivity index (χ4n) is 1.53. The van der Waals surface area contributed by atoms with Gasteiger partial charge in [0.1, 0.15) is 0 Å². The quantitative estimate of drug-likeness (QED) is 0.640. The maximum absolute atomic E-state index is 11.6. The fraction of sp³-hybridized carbons (Fsp3) is 0.100. The number of ketones is 1. The molecule has 1 aliphatic carbocycles. The van der Waals surface area contributed by atoms with E-state index in [9.17, 15) is 4.79 Å². The van der Waals surface area contributed by atoms with E-state index >= 15 is 0 Å². The van der Waals surface area contributed by atoms with E-state index in [0.29, 0.717) is 22.6 Å². The molecule has 2 nitrogen and oxygen atoms in total. The molecule has 0 amide bonds. The lowest BCUT2D eigenvalue weighted by molar-refractivity contribution is 0.103. The van der Waals surface area contributed by atoms with E-state index in [2.05, 4.69) is 0 Å². The number of fused-ring (bicyclic) bond motifs is 1. The minimum Gasteiger partial charge on any atom is -0.404 e. The van der Waals surface area contributed by atoms with Crippen molar-refractivity contribution in [3.8, 4) is 0 Å². The maximum Gasteiger partial charge on any atom is 0.191 e. The maximum atomic E-state index is 11.6. The summed E-state index contributed by atoms with van der Waals surface area (Å²) in [6.45, 7) is 0. The zero-order valence-corrected chi connectivity index (χ0v) is 7.64. The van der Waals surface area contributed by atoms with E-state index in [0.717, 1.165) is 5.56 Å². The highest BCUT2D eigenvalue weighted by molar-refractivity contribution is 6.32. The highest BCUT2D eigenvalue weighted by Gasteiger charge is 2.25. The van der Waals surface area contributed by atoms with Crippen LogP contribution >= 0.6 is 11.6 Å². The zero-order valence-electron chi connectivity index (χ0n) is 6.88. The second kappa shape index (κ2) is 2.89. The van der Waals surface area contributed by atoms with Crippen LogP contribution in [0.4, 0.5) is 0 Å². The number of carbonyl (C=O) groups excluding carboxylic acids is 1. The van der Waals surface area contributed by atoms with Gasteiger partial charge in [-0.15, -0.1) is 0 Å². The number of allylic oxidation sites excluding steroid dienone is 1. The predicted octanol–water partition coefficient (Wildman–Crippen LogP) is 1.92. The first-order valence-corrected chi connectivity index (χ1v) is 4.34. The van der Waals surface area contributed by atoms with E-state index in [1.165, 1.54) is 6.20 Å². The molecular formula is C10H8ClNO. The summed E-state index contributed by atoms with van der Waals surface area (Å²) in [6, 6.07) is 5.34. The van der Waals surface area contributed by atoms with E-state index in [1.807, 2.05) is 0 Å². The molecule has 0 atom stereocenters. The largest absolute Gasteiger partial charge is 0.404 e. The van der Waals surface area contributed by atoms with Gasteiger partial charge in [-0.05, 0) is 11.6 Å². The van der Waals surface area contributed by atoms with Gasteiger partial charge in [-0.3, -0.25) is 4.79 Å². The number of carbonyl (C=O) groups is 1. The van der Waals surface area contributed by atoms with Gasteiger partial charge in [-0.2, -0.15) is 0 Å². The first-order valence-electron chi connectivity index (χ1n) is 3.97. The number of nitrogens with two attached hydrogens (primary N) is 1. The fourth-order valence-corrected chi connectivity index (χ4v) is 1.77. The Morgan fingerprint density at radius 3 is 2.85 bits per heavy atom. The Morgan fingerprint density at radius 1 is 1.46 bits per heavy atom. The minimum atomic E-state index is 0.000000000000000222. The third-order valence-electron chi connectivity index (χ3n) is 2.22. The normalized spacial score (nSPS) is 17.9. The molecular weight excluding hydrogens is 186 g/mol. The zero-order chi connectivity index (χ0) is 9.42. The average molecular weight is 194 g/mol. The van der Waals surface area contributed by atoms with Crippen molar-refractivity contribution >= 4 is 17.4 Å². The number of hydrogen-bond donors (Lipinski definition) is 1. The van der Waals surface area contributed by atoms with Crippen molar-refractivity contribution in [1.29, 1.82) is 0 Å². The molecule has 2 rings (SSSR count). The molecule has 0 radical (unpaired) electrons. The molecule has 0 bridgehead atoms. The van der Waals surface area contributed by atoms with Gasteiger partial charge in [0, 0.05) is 28.8 Å². The Morgan fingerprint density at radius 2 is 2.23 bits per heavy atom. The molecule has 1 aromatic rings. The second-order valence-corrected chi connectivity index (χ2v) is 3.37. The van der Waals surface area contributed by atoms with Crippen molar-refractivity contribution in [1.82, 2.24) is 0 Å². The van der Waals surface area contributed by atoms with Crippen LogP contribution < -0.4 is 5.73 Å². The number of halogens is 1. The van der Waals surface area contributed by atoms with Crippen LogP contribution in [0.25, 0.3) is 0 Å². The molecule has 0 unspecified atom stereocenters. The third kappa shape index (κ3) is 1.14. The summed E-state index contributed by atoms with van der Waals surface area (Å²) in [4.78, 5) is 11.6. The molecule has 2 N–H and O–H groups in total. The summed E-state index contributed by atoms with van der Waals surface area (Å²) in [5.41, 5.74) is 7.53. The van der Waals surface area contributed by atoms with E-state index < -0.39 is 0 Å². The highest BCUT2D eigenvalue weighted by Crippen LogP contribution is 2.30. The summed E-state index contributed by atoms with van der Waals surface area (Å²) >= 11 is 5.94. The first-order chi connectivity index (χ1) is 6.24. The SMILES string of the molecule is N/C=C1/Cc2c(Cl)cccc2C1=O. The monoisotopic (exact) mass is 193 g/mol. The first kappa shape index (κ1) is 8.32. The Kier molecular flexibility index (Phi) is 1.85. The van der Waals surface area contributed by atoms with Crippen molar-refractivity contribution in [2.45, 2.75) is 6.42 Å². The van der Waals surface area contributed by atoms with Crippen LogP contribution in [-0.2, 0) is 6.42 Å². The summed E-state index contributed by atoms with van der Waals surface area (Å²) in [7, 11) is 0.